The number of benzene rings is 1. The van der Waals surface area contributed by atoms with Gasteiger partial charge in [-0.1, -0.05) is 18.2 Å². The molecular weight excluding hydrogens is 252 g/mol. The van der Waals surface area contributed by atoms with Gasteiger partial charge < -0.3 is 19.3 Å². The van der Waals surface area contributed by atoms with Gasteiger partial charge in [0.25, 0.3) is 0 Å². The lowest BCUT2D eigenvalue weighted by Gasteiger charge is -2.12. The summed E-state index contributed by atoms with van der Waals surface area (Å²) >= 11 is 0. The first-order chi connectivity index (χ1) is 9.65. The standard InChI is InChI=1S/C16H22N2O2/c1-17(2)10-11-19-16-7-5-4-6-14(16)8-9-15-12-18(3)13-20-15/h4-9,12H,10-11,13H2,1-3H3/b9-8+. The fourth-order valence-corrected chi connectivity index (χ4v) is 1.82. The third-order valence-corrected chi connectivity index (χ3v) is 2.92. The van der Waals surface area contributed by atoms with E-state index in [0.717, 1.165) is 23.6 Å². The van der Waals surface area contributed by atoms with Crippen LogP contribution in [-0.2, 0) is 4.74 Å². The summed E-state index contributed by atoms with van der Waals surface area (Å²) < 4.78 is 11.3. The van der Waals surface area contributed by atoms with Crippen LogP contribution in [0.25, 0.3) is 6.08 Å². The van der Waals surface area contributed by atoms with Crippen molar-refractivity contribution in [2.75, 3.05) is 41.0 Å². The Hall–Kier alpha value is -1.94. The van der Waals surface area contributed by atoms with Gasteiger partial charge in [-0.05, 0) is 32.3 Å². The number of hydrogen-bond acceptors (Lipinski definition) is 4. The summed E-state index contributed by atoms with van der Waals surface area (Å²) in [7, 11) is 6.06. The quantitative estimate of drug-likeness (QED) is 0.795. The highest BCUT2D eigenvalue weighted by atomic mass is 16.5. The third kappa shape index (κ3) is 4.31. The van der Waals surface area contributed by atoms with Crippen LogP contribution in [0.2, 0.25) is 0 Å². The van der Waals surface area contributed by atoms with Crippen molar-refractivity contribution < 1.29 is 9.47 Å². The summed E-state index contributed by atoms with van der Waals surface area (Å²) in [4.78, 5) is 4.10. The molecule has 0 amide bonds. The zero-order valence-electron chi connectivity index (χ0n) is 12.4. The van der Waals surface area contributed by atoms with Crippen molar-refractivity contribution in [2.24, 2.45) is 0 Å². The first kappa shape index (κ1) is 14.5. The monoisotopic (exact) mass is 274 g/mol. The van der Waals surface area contributed by atoms with Gasteiger partial charge in [0.15, 0.2) is 6.73 Å². The highest BCUT2D eigenvalue weighted by Crippen LogP contribution is 2.21. The van der Waals surface area contributed by atoms with E-state index in [9.17, 15) is 0 Å². The maximum absolute atomic E-state index is 5.82. The number of nitrogens with zero attached hydrogens (tertiary/aromatic N) is 2. The summed E-state index contributed by atoms with van der Waals surface area (Å²) in [6.07, 6.45) is 5.97. The van der Waals surface area contributed by atoms with Crippen LogP contribution in [0.4, 0.5) is 0 Å². The molecule has 108 valence electrons. The van der Waals surface area contributed by atoms with Crippen LogP contribution < -0.4 is 4.74 Å². The normalized spacial score (nSPS) is 14.8. The smallest absolute Gasteiger partial charge is 0.161 e. The van der Waals surface area contributed by atoms with E-state index in [-0.39, 0.29) is 0 Å². The van der Waals surface area contributed by atoms with Gasteiger partial charge in [0.05, 0.1) is 0 Å². The van der Waals surface area contributed by atoms with Crippen LogP contribution in [0, 0.1) is 0 Å². The molecule has 1 aliphatic heterocycles. The average Bonchev–Trinajstić information content (AvgIpc) is 2.83. The summed E-state index contributed by atoms with van der Waals surface area (Å²) in [5.41, 5.74) is 1.06. The Bertz CT molecular complexity index is 495. The number of rotatable bonds is 6. The SMILES string of the molecule is CN(C)CCOc1ccccc1/C=C/C1=CN(C)CO1. The molecule has 0 unspecified atom stereocenters. The molecule has 0 bridgehead atoms. The highest BCUT2D eigenvalue weighted by molar-refractivity contribution is 5.59. The minimum absolute atomic E-state index is 0.612. The maximum atomic E-state index is 5.82. The average molecular weight is 274 g/mol. The van der Waals surface area contributed by atoms with E-state index < -0.39 is 0 Å². The fraction of sp³-hybridized carbons (Fsp3) is 0.375. The fourth-order valence-electron chi connectivity index (χ4n) is 1.82. The molecular formula is C16H22N2O2. The second-order valence-corrected chi connectivity index (χ2v) is 5.08. The molecule has 0 spiro atoms. The Morgan fingerprint density at radius 3 is 2.80 bits per heavy atom. The number of allylic oxidation sites excluding steroid dienone is 1. The molecule has 2 rings (SSSR count). The summed E-state index contributed by atoms with van der Waals surface area (Å²) in [6.45, 7) is 2.19. The van der Waals surface area contributed by atoms with Gasteiger partial charge >= 0.3 is 0 Å². The topological polar surface area (TPSA) is 24.9 Å². The Kier molecular flexibility index (Phi) is 5.07. The predicted octanol–water partition coefficient (Wildman–Crippen LogP) is 2.40. The van der Waals surface area contributed by atoms with Crippen molar-refractivity contribution in [1.29, 1.82) is 0 Å². The van der Waals surface area contributed by atoms with Gasteiger partial charge in [-0.2, -0.15) is 0 Å². The zero-order valence-corrected chi connectivity index (χ0v) is 12.4. The van der Waals surface area contributed by atoms with Gasteiger partial charge in [0.2, 0.25) is 0 Å². The molecule has 0 aromatic heterocycles. The van der Waals surface area contributed by atoms with Crippen molar-refractivity contribution in [3.8, 4) is 5.75 Å². The van der Waals surface area contributed by atoms with E-state index >= 15 is 0 Å². The van der Waals surface area contributed by atoms with Crippen LogP contribution >= 0.6 is 0 Å². The molecule has 1 aliphatic rings. The van der Waals surface area contributed by atoms with Gasteiger partial charge in [-0.3, -0.25) is 0 Å². The Balaban J connectivity index is 2.00. The van der Waals surface area contributed by atoms with E-state index in [1.54, 1.807) is 0 Å². The van der Waals surface area contributed by atoms with Gasteiger partial charge in [-0.25, -0.2) is 0 Å². The number of ether oxygens (including phenoxy) is 2. The molecule has 0 saturated carbocycles. The van der Waals surface area contributed by atoms with Crippen LogP contribution in [0.5, 0.6) is 5.75 Å². The van der Waals surface area contributed by atoms with E-state index in [4.69, 9.17) is 9.47 Å². The van der Waals surface area contributed by atoms with Crippen LogP contribution in [0.3, 0.4) is 0 Å². The Morgan fingerprint density at radius 2 is 2.10 bits per heavy atom. The Labute approximate surface area is 120 Å². The molecule has 0 saturated heterocycles. The molecule has 0 aliphatic carbocycles. The van der Waals surface area contributed by atoms with Gasteiger partial charge in [0.1, 0.15) is 18.1 Å². The second kappa shape index (κ2) is 7.01. The molecule has 0 radical (unpaired) electrons. The van der Waals surface area contributed by atoms with Crippen LogP contribution in [-0.4, -0.2) is 50.8 Å². The van der Waals surface area contributed by atoms with Crippen LogP contribution in [0.1, 0.15) is 5.56 Å². The number of para-hydroxylation sites is 1. The van der Waals surface area contributed by atoms with Crippen molar-refractivity contribution in [2.45, 2.75) is 0 Å². The van der Waals surface area contributed by atoms with Crippen molar-refractivity contribution in [3.05, 3.63) is 47.9 Å². The van der Waals surface area contributed by atoms with Crippen LogP contribution in [0.15, 0.2) is 42.3 Å². The molecule has 0 atom stereocenters. The molecule has 1 heterocycles. The second-order valence-electron chi connectivity index (χ2n) is 5.08. The molecule has 4 heteroatoms. The first-order valence-corrected chi connectivity index (χ1v) is 6.74. The predicted molar refractivity (Wildman–Crippen MR) is 81.3 cm³/mol. The molecule has 4 nitrogen and oxygen atoms in total. The molecule has 0 fully saturated rings. The molecule has 20 heavy (non-hydrogen) atoms. The van der Waals surface area contributed by atoms with Gasteiger partial charge in [-0.15, -0.1) is 0 Å². The van der Waals surface area contributed by atoms with E-state index in [2.05, 4.69) is 4.90 Å². The lowest BCUT2D eigenvalue weighted by Crippen LogP contribution is -2.19. The summed E-state index contributed by atoms with van der Waals surface area (Å²) in [6, 6.07) is 8.03. The summed E-state index contributed by atoms with van der Waals surface area (Å²) in [5, 5.41) is 0. The van der Waals surface area contributed by atoms with E-state index in [1.807, 2.05) is 68.7 Å². The lowest BCUT2D eigenvalue weighted by molar-refractivity contribution is 0.177. The van der Waals surface area contributed by atoms with Crippen molar-refractivity contribution in [1.82, 2.24) is 9.80 Å². The van der Waals surface area contributed by atoms with E-state index in [1.165, 1.54) is 0 Å². The zero-order chi connectivity index (χ0) is 14.4. The summed E-state index contributed by atoms with van der Waals surface area (Å²) in [5.74, 6) is 1.77. The van der Waals surface area contributed by atoms with Crippen molar-refractivity contribution >= 4 is 6.08 Å². The highest BCUT2D eigenvalue weighted by Gasteiger charge is 2.06. The van der Waals surface area contributed by atoms with Gasteiger partial charge in [0, 0.05) is 25.4 Å². The molecule has 1 aromatic carbocycles. The minimum atomic E-state index is 0.612. The lowest BCUT2D eigenvalue weighted by atomic mass is 10.2. The number of hydrogen-bond donors (Lipinski definition) is 0. The van der Waals surface area contributed by atoms with Crippen molar-refractivity contribution in [3.63, 3.8) is 0 Å². The third-order valence-electron chi connectivity index (χ3n) is 2.92. The van der Waals surface area contributed by atoms with E-state index in [0.29, 0.717) is 13.3 Å². The molecule has 1 aromatic rings. The first-order valence-electron chi connectivity index (χ1n) is 6.74. The minimum Gasteiger partial charge on any atom is -0.492 e. The Morgan fingerprint density at radius 1 is 1.30 bits per heavy atom. The number of likely N-dealkylation sites (N-methyl/N-ethyl adjacent to an activating group) is 1. The largest absolute Gasteiger partial charge is 0.492 e. The maximum Gasteiger partial charge on any atom is 0.161 e. The molecule has 0 N–H and O–H groups in total.